The van der Waals surface area contributed by atoms with Gasteiger partial charge in [-0.05, 0) is 80.4 Å². The number of carbonyl (C=O) groups excluding carboxylic acids is 2. The van der Waals surface area contributed by atoms with E-state index in [1.54, 1.807) is 63.4 Å². The van der Waals surface area contributed by atoms with Crippen LogP contribution >= 0.6 is 11.6 Å². The maximum atomic E-state index is 13.8. The third kappa shape index (κ3) is 7.05. The Balaban J connectivity index is 2.02. The van der Waals surface area contributed by atoms with Crippen molar-refractivity contribution in [1.82, 2.24) is 10.2 Å². The second kappa shape index (κ2) is 12.8. The summed E-state index contributed by atoms with van der Waals surface area (Å²) in [5, 5.41) is 3.13. The lowest BCUT2D eigenvalue weighted by Gasteiger charge is -2.32. The molecule has 1 atom stereocenters. The van der Waals surface area contributed by atoms with Gasteiger partial charge in [-0.25, -0.2) is 8.42 Å². The molecule has 0 spiro atoms. The molecule has 3 aromatic rings. The van der Waals surface area contributed by atoms with Gasteiger partial charge in [0.25, 0.3) is 10.0 Å². The fourth-order valence-electron chi connectivity index (χ4n) is 3.88. The molecule has 1 unspecified atom stereocenters. The number of amides is 2. The van der Waals surface area contributed by atoms with Crippen LogP contribution in [-0.4, -0.2) is 51.4 Å². The van der Waals surface area contributed by atoms with E-state index in [0.717, 1.165) is 15.4 Å². The third-order valence-electron chi connectivity index (χ3n) is 6.00. The number of anilines is 1. The number of sulfonamides is 1. The van der Waals surface area contributed by atoms with Gasteiger partial charge >= 0.3 is 0 Å². The second-order valence-corrected chi connectivity index (χ2v) is 11.0. The molecule has 0 aliphatic heterocycles. The van der Waals surface area contributed by atoms with E-state index in [2.05, 4.69) is 5.32 Å². The van der Waals surface area contributed by atoms with E-state index in [1.165, 1.54) is 29.2 Å². The fraction of sp³-hybridized carbons (Fsp3) is 0.286. The zero-order valence-corrected chi connectivity index (χ0v) is 23.4. The lowest BCUT2D eigenvalue weighted by Crippen LogP contribution is -2.51. The van der Waals surface area contributed by atoms with Gasteiger partial charge in [-0.3, -0.25) is 13.9 Å². The van der Waals surface area contributed by atoms with Gasteiger partial charge < -0.3 is 15.0 Å². The Morgan fingerprint density at radius 3 is 2.26 bits per heavy atom. The van der Waals surface area contributed by atoms with E-state index in [-0.39, 0.29) is 17.3 Å². The average Bonchev–Trinajstić information content (AvgIpc) is 2.90. The summed E-state index contributed by atoms with van der Waals surface area (Å²) in [7, 11) is -2.59. The summed E-state index contributed by atoms with van der Waals surface area (Å²) in [6.07, 6.45) is 0. The maximum Gasteiger partial charge on any atom is 0.264 e. The number of nitrogens with one attached hydrogen (secondary N) is 1. The van der Waals surface area contributed by atoms with E-state index in [1.807, 2.05) is 13.0 Å². The minimum Gasteiger partial charge on any atom is -0.497 e. The Labute approximate surface area is 229 Å². The highest BCUT2D eigenvalue weighted by molar-refractivity contribution is 7.92. The normalized spacial score (nSPS) is 11.9. The molecule has 0 heterocycles. The van der Waals surface area contributed by atoms with Crippen LogP contribution in [0.2, 0.25) is 5.02 Å². The highest BCUT2D eigenvalue weighted by atomic mass is 35.5. The smallest absolute Gasteiger partial charge is 0.264 e. The standard InChI is InChI=1S/C28H32ClN3O5S/c1-5-30-28(34)21(3)31(18-22-9-13-25(37-4)14-10-22)27(33)19-32(24-8-6-7-20(2)17-24)38(35,36)26-15-11-23(29)12-16-26/h6-17,21H,5,18-19H2,1-4H3,(H,30,34). The van der Waals surface area contributed by atoms with Crippen LogP contribution in [0.15, 0.2) is 77.7 Å². The van der Waals surface area contributed by atoms with E-state index < -0.39 is 28.5 Å². The molecule has 1 N–H and O–H groups in total. The Morgan fingerprint density at radius 1 is 1.03 bits per heavy atom. The molecule has 0 fully saturated rings. The molecule has 0 aromatic heterocycles. The molecule has 0 saturated carbocycles. The Kier molecular flexibility index (Phi) is 9.77. The van der Waals surface area contributed by atoms with Crippen molar-refractivity contribution in [2.75, 3.05) is 24.5 Å². The number of ether oxygens (including phenoxy) is 1. The molecule has 0 bridgehead atoms. The van der Waals surface area contributed by atoms with E-state index in [9.17, 15) is 18.0 Å². The number of hydrogen-bond donors (Lipinski definition) is 1. The summed E-state index contributed by atoms with van der Waals surface area (Å²) >= 11 is 5.98. The summed E-state index contributed by atoms with van der Waals surface area (Å²) in [6, 6.07) is 18.9. The molecule has 0 saturated heterocycles. The van der Waals surface area contributed by atoms with Gasteiger partial charge in [0.15, 0.2) is 0 Å². The number of methoxy groups -OCH3 is 1. The number of benzene rings is 3. The zero-order chi connectivity index (χ0) is 27.9. The van der Waals surface area contributed by atoms with Crippen LogP contribution in [-0.2, 0) is 26.2 Å². The summed E-state index contributed by atoms with van der Waals surface area (Å²) in [6.45, 7) is 5.24. The van der Waals surface area contributed by atoms with Gasteiger partial charge in [-0.15, -0.1) is 0 Å². The molecule has 0 aliphatic carbocycles. The maximum absolute atomic E-state index is 13.8. The first-order valence-electron chi connectivity index (χ1n) is 12.1. The van der Waals surface area contributed by atoms with E-state index in [0.29, 0.717) is 23.0 Å². The number of carbonyl (C=O) groups is 2. The minimum atomic E-state index is -4.14. The number of aryl methyl sites for hydroxylation is 1. The van der Waals surface area contributed by atoms with Crippen molar-refractivity contribution in [3.63, 3.8) is 0 Å². The molecule has 0 radical (unpaired) electrons. The van der Waals surface area contributed by atoms with Crippen LogP contribution in [0, 0.1) is 6.92 Å². The monoisotopic (exact) mass is 557 g/mol. The van der Waals surface area contributed by atoms with Crippen molar-refractivity contribution < 1.29 is 22.7 Å². The van der Waals surface area contributed by atoms with Gasteiger partial charge in [-0.2, -0.15) is 0 Å². The van der Waals surface area contributed by atoms with Crippen LogP contribution in [0.5, 0.6) is 5.75 Å². The summed E-state index contributed by atoms with van der Waals surface area (Å²) in [5.74, 6) is -0.210. The zero-order valence-electron chi connectivity index (χ0n) is 21.8. The number of hydrogen-bond acceptors (Lipinski definition) is 5. The lowest BCUT2D eigenvalue weighted by atomic mass is 10.1. The predicted molar refractivity (Wildman–Crippen MR) is 149 cm³/mol. The molecule has 3 rings (SSSR count). The molecule has 8 nitrogen and oxygen atoms in total. The quantitative estimate of drug-likeness (QED) is 0.377. The second-order valence-electron chi connectivity index (χ2n) is 8.74. The van der Waals surface area contributed by atoms with Crippen molar-refractivity contribution in [2.45, 2.75) is 38.3 Å². The molecule has 10 heteroatoms. The van der Waals surface area contributed by atoms with E-state index >= 15 is 0 Å². The van der Waals surface area contributed by atoms with Crippen molar-refractivity contribution >= 4 is 39.1 Å². The first-order chi connectivity index (χ1) is 18.1. The molecule has 202 valence electrons. The molecule has 2 amide bonds. The van der Waals surface area contributed by atoms with Gasteiger partial charge in [0, 0.05) is 18.1 Å². The van der Waals surface area contributed by atoms with Crippen LogP contribution in [0.3, 0.4) is 0 Å². The topological polar surface area (TPSA) is 96.0 Å². The third-order valence-corrected chi connectivity index (χ3v) is 8.04. The lowest BCUT2D eigenvalue weighted by molar-refractivity contribution is -0.139. The molecular formula is C28H32ClN3O5S. The first-order valence-corrected chi connectivity index (χ1v) is 13.9. The van der Waals surface area contributed by atoms with Gasteiger partial charge in [-0.1, -0.05) is 35.9 Å². The van der Waals surface area contributed by atoms with Crippen LogP contribution in [0.25, 0.3) is 0 Å². The minimum absolute atomic E-state index is 0.00492. The molecule has 0 aliphatic rings. The van der Waals surface area contributed by atoms with Crippen LogP contribution in [0.1, 0.15) is 25.0 Å². The number of halogens is 1. The highest BCUT2D eigenvalue weighted by Gasteiger charge is 2.32. The number of nitrogens with zero attached hydrogens (tertiary/aromatic N) is 2. The fourth-order valence-corrected chi connectivity index (χ4v) is 5.41. The van der Waals surface area contributed by atoms with Crippen LogP contribution < -0.4 is 14.4 Å². The summed E-state index contributed by atoms with van der Waals surface area (Å²) < 4.78 is 33.8. The largest absolute Gasteiger partial charge is 0.497 e. The Hall–Kier alpha value is -3.56. The van der Waals surface area contributed by atoms with Gasteiger partial charge in [0.2, 0.25) is 11.8 Å². The van der Waals surface area contributed by atoms with E-state index in [4.69, 9.17) is 16.3 Å². The predicted octanol–water partition coefficient (Wildman–Crippen LogP) is 4.41. The Bertz CT molecular complexity index is 1360. The summed E-state index contributed by atoms with van der Waals surface area (Å²) in [5.41, 5.74) is 1.93. The van der Waals surface area contributed by atoms with Crippen molar-refractivity contribution in [3.05, 3.63) is 88.9 Å². The number of rotatable bonds is 11. The van der Waals surface area contributed by atoms with Crippen molar-refractivity contribution in [1.29, 1.82) is 0 Å². The number of likely N-dealkylation sites (N-methyl/N-ethyl adjacent to an activating group) is 1. The SMILES string of the molecule is CCNC(=O)C(C)N(Cc1ccc(OC)cc1)C(=O)CN(c1cccc(C)c1)S(=O)(=O)c1ccc(Cl)cc1. The van der Waals surface area contributed by atoms with Crippen molar-refractivity contribution in [3.8, 4) is 5.75 Å². The average molecular weight is 558 g/mol. The molecule has 3 aromatic carbocycles. The van der Waals surface area contributed by atoms with Gasteiger partial charge in [0.1, 0.15) is 18.3 Å². The van der Waals surface area contributed by atoms with Gasteiger partial charge in [0.05, 0.1) is 17.7 Å². The van der Waals surface area contributed by atoms with Crippen molar-refractivity contribution in [2.24, 2.45) is 0 Å². The first kappa shape index (κ1) is 29.0. The summed E-state index contributed by atoms with van der Waals surface area (Å²) in [4.78, 5) is 28.0. The molecule has 38 heavy (non-hydrogen) atoms. The highest BCUT2D eigenvalue weighted by Crippen LogP contribution is 2.26. The molecular weight excluding hydrogens is 526 g/mol. The van der Waals surface area contributed by atoms with Crippen LogP contribution in [0.4, 0.5) is 5.69 Å². The Morgan fingerprint density at radius 2 is 1.68 bits per heavy atom.